The summed E-state index contributed by atoms with van der Waals surface area (Å²) in [5, 5.41) is 3.55. The number of halogens is 1. The molecule has 0 spiro atoms. The van der Waals surface area contributed by atoms with Crippen LogP contribution in [-0.2, 0) is 0 Å². The van der Waals surface area contributed by atoms with Crippen LogP contribution in [0.15, 0.2) is 18.2 Å². The lowest BCUT2D eigenvalue weighted by atomic mass is 10.0. The molecule has 0 aromatic heterocycles. The van der Waals surface area contributed by atoms with E-state index in [1.165, 1.54) is 64.5 Å². The van der Waals surface area contributed by atoms with Crippen molar-refractivity contribution < 1.29 is 9.13 Å². The second kappa shape index (κ2) is 10.5. The van der Waals surface area contributed by atoms with E-state index >= 15 is 0 Å². The summed E-state index contributed by atoms with van der Waals surface area (Å²) in [4.78, 5) is 0. The number of methoxy groups -OCH3 is 1. The van der Waals surface area contributed by atoms with Crippen LogP contribution in [0, 0.1) is 5.82 Å². The van der Waals surface area contributed by atoms with Crippen LogP contribution in [0.2, 0.25) is 0 Å². The minimum absolute atomic E-state index is 0.306. The minimum Gasteiger partial charge on any atom is -0.494 e. The standard InChI is InChI=1S/C18H30FNO/c1-4-6-8-10-15(11-9-7-5-2)20-16-12-13-17(19)18(14-16)21-3/h12-15,20H,4-11H2,1-3H3. The van der Waals surface area contributed by atoms with Gasteiger partial charge >= 0.3 is 0 Å². The number of nitrogens with one attached hydrogen (secondary N) is 1. The first-order chi connectivity index (χ1) is 10.2. The van der Waals surface area contributed by atoms with Crippen LogP contribution >= 0.6 is 0 Å². The molecule has 0 unspecified atom stereocenters. The fourth-order valence-electron chi connectivity index (χ4n) is 2.56. The average Bonchev–Trinajstić information content (AvgIpc) is 2.49. The van der Waals surface area contributed by atoms with E-state index in [1.54, 1.807) is 12.1 Å². The Bertz CT molecular complexity index is 385. The van der Waals surface area contributed by atoms with Gasteiger partial charge in [0.15, 0.2) is 11.6 Å². The molecule has 1 aromatic rings. The molecular weight excluding hydrogens is 265 g/mol. The zero-order chi connectivity index (χ0) is 15.5. The van der Waals surface area contributed by atoms with Crippen LogP contribution in [0.25, 0.3) is 0 Å². The molecule has 1 rings (SSSR count). The third-order valence-electron chi connectivity index (χ3n) is 3.83. The third kappa shape index (κ3) is 6.83. The molecule has 0 radical (unpaired) electrons. The Morgan fingerprint density at radius 2 is 1.67 bits per heavy atom. The summed E-state index contributed by atoms with van der Waals surface area (Å²) >= 11 is 0. The molecule has 1 aromatic carbocycles. The predicted molar refractivity (Wildman–Crippen MR) is 88.6 cm³/mol. The summed E-state index contributed by atoms with van der Waals surface area (Å²) in [6, 6.07) is 5.49. The Labute approximate surface area is 129 Å². The Morgan fingerprint density at radius 1 is 1.05 bits per heavy atom. The Kier molecular flexibility index (Phi) is 8.88. The predicted octanol–water partition coefficient (Wildman–Crippen LogP) is 5.78. The Balaban J connectivity index is 2.60. The lowest BCUT2D eigenvalue weighted by Crippen LogP contribution is -2.19. The average molecular weight is 295 g/mol. The highest BCUT2D eigenvalue weighted by molar-refractivity contribution is 5.49. The van der Waals surface area contributed by atoms with E-state index in [0.717, 1.165) is 5.69 Å². The van der Waals surface area contributed by atoms with E-state index in [2.05, 4.69) is 19.2 Å². The van der Waals surface area contributed by atoms with E-state index in [4.69, 9.17) is 4.74 Å². The highest BCUT2D eigenvalue weighted by Crippen LogP contribution is 2.24. The van der Waals surface area contributed by atoms with Crippen LogP contribution in [0.1, 0.15) is 65.2 Å². The second-order valence-corrected chi connectivity index (χ2v) is 5.68. The maximum atomic E-state index is 13.5. The van der Waals surface area contributed by atoms with Gasteiger partial charge in [-0.1, -0.05) is 52.4 Å². The van der Waals surface area contributed by atoms with Crippen molar-refractivity contribution >= 4 is 5.69 Å². The quantitative estimate of drug-likeness (QED) is 0.523. The molecule has 2 nitrogen and oxygen atoms in total. The topological polar surface area (TPSA) is 21.3 Å². The van der Waals surface area contributed by atoms with Crippen molar-refractivity contribution in [2.45, 2.75) is 71.3 Å². The summed E-state index contributed by atoms with van der Waals surface area (Å²) in [6.45, 7) is 4.45. The molecule has 0 saturated heterocycles. The lowest BCUT2D eigenvalue weighted by molar-refractivity contribution is 0.386. The molecule has 0 amide bonds. The molecule has 0 fully saturated rings. The van der Waals surface area contributed by atoms with Gasteiger partial charge in [-0.2, -0.15) is 0 Å². The monoisotopic (exact) mass is 295 g/mol. The second-order valence-electron chi connectivity index (χ2n) is 5.68. The van der Waals surface area contributed by atoms with Gasteiger partial charge < -0.3 is 10.1 Å². The van der Waals surface area contributed by atoms with Gasteiger partial charge in [0, 0.05) is 17.8 Å². The smallest absolute Gasteiger partial charge is 0.165 e. The van der Waals surface area contributed by atoms with Crippen LogP contribution in [0.4, 0.5) is 10.1 Å². The van der Waals surface area contributed by atoms with Gasteiger partial charge in [-0.3, -0.25) is 0 Å². The number of hydrogen-bond acceptors (Lipinski definition) is 2. The summed E-state index contributed by atoms with van der Waals surface area (Å²) in [5.74, 6) is -0.00238. The van der Waals surface area contributed by atoms with Gasteiger partial charge in [-0.25, -0.2) is 4.39 Å². The lowest BCUT2D eigenvalue weighted by Gasteiger charge is -2.20. The van der Waals surface area contributed by atoms with E-state index in [-0.39, 0.29) is 5.82 Å². The van der Waals surface area contributed by atoms with Crippen molar-refractivity contribution in [2.24, 2.45) is 0 Å². The highest BCUT2D eigenvalue weighted by Gasteiger charge is 2.10. The van der Waals surface area contributed by atoms with Crippen molar-refractivity contribution in [3.63, 3.8) is 0 Å². The number of ether oxygens (including phenoxy) is 1. The minimum atomic E-state index is -0.309. The van der Waals surface area contributed by atoms with Gasteiger partial charge in [0.2, 0.25) is 0 Å². The van der Waals surface area contributed by atoms with E-state index in [9.17, 15) is 4.39 Å². The van der Waals surface area contributed by atoms with Crippen LogP contribution in [-0.4, -0.2) is 13.2 Å². The SMILES string of the molecule is CCCCCC(CCCCC)Nc1ccc(F)c(OC)c1. The highest BCUT2D eigenvalue weighted by atomic mass is 19.1. The number of anilines is 1. The maximum absolute atomic E-state index is 13.5. The van der Waals surface area contributed by atoms with Crippen molar-refractivity contribution in [3.8, 4) is 5.75 Å². The Hall–Kier alpha value is -1.25. The van der Waals surface area contributed by atoms with Crippen LogP contribution in [0.3, 0.4) is 0 Å². The summed E-state index contributed by atoms with van der Waals surface area (Å²) in [7, 11) is 1.50. The number of rotatable bonds is 11. The van der Waals surface area contributed by atoms with Crippen LogP contribution in [0.5, 0.6) is 5.75 Å². The van der Waals surface area contributed by atoms with Gasteiger partial charge in [0.1, 0.15) is 0 Å². The zero-order valence-electron chi connectivity index (χ0n) is 13.8. The van der Waals surface area contributed by atoms with Gasteiger partial charge in [-0.15, -0.1) is 0 Å². The molecule has 1 N–H and O–H groups in total. The van der Waals surface area contributed by atoms with E-state index < -0.39 is 0 Å². The fourth-order valence-corrected chi connectivity index (χ4v) is 2.56. The molecule has 0 aliphatic rings. The van der Waals surface area contributed by atoms with Crippen molar-refractivity contribution in [1.82, 2.24) is 0 Å². The van der Waals surface area contributed by atoms with Gasteiger partial charge in [0.25, 0.3) is 0 Å². The Morgan fingerprint density at radius 3 is 2.19 bits per heavy atom. The van der Waals surface area contributed by atoms with Crippen molar-refractivity contribution in [3.05, 3.63) is 24.0 Å². The molecule has 21 heavy (non-hydrogen) atoms. The maximum Gasteiger partial charge on any atom is 0.165 e. The van der Waals surface area contributed by atoms with E-state index in [0.29, 0.717) is 11.8 Å². The largest absolute Gasteiger partial charge is 0.494 e. The van der Waals surface area contributed by atoms with Gasteiger partial charge in [0.05, 0.1) is 7.11 Å². The summed E-state index contributed by atoms with van der Waals surface area (Å²) < 4.78 is 18.5. The summed E-state index contributed by atoms with van der Waals surface area (Å²) in [5.41, 5.74) is 0.950. The molecular formula is C18H30FNO. The first-order valence-corrected chi connectivity index (χ1v) is 8.31. The normalized spacial score (nSPS) is 10.9. The van der Waals surface area contributed by atoms with Crippen molar-refractivity contribution in [2.75, 3.05) is 12.4 Å². The zero-order valence-corrected chi connectivity index (χ0v) is 13.8. The number of benzene rings is 1. The van der Waals surface area contributed by atoms with Crippen molar-refractivity contribution in [1.29, 1.82) is 0 Å². The van der Waals surface area contributed by atoms with Crippen LogP contribution < -0.4 is 10.1 Å². The number of unbranched alkanes of at least 4 members (excludes halogenated alkanes) is 4. The van der Waals surface area contributed by atoms with E-state index in [1.807, 2.05) is 0 Å². The molecule has 0 bridgehead atoms. The molecule has 3 heteroatoms. The molecule has 0 saturated carbocycles. The molecule has 0 aliphatic heterocycles. The summed E-state index contributed by atoms with van der Waals surface area (Å²) in [6.07, 6.45) is 9.89. The number of hydrogen-bond donors (Lipinski definition) is 1. The van der Waals surface area contributed by atoms with Gasteiger partial charge in [-0.05, 0) is 25.0 Å². The first kappa shape index (κ1) is 17.8. The third-order valence-corrected chi connectivity index (χ3v) is 3.83. The first-order valence-electron chi connectivity index (χ1n) is 8.31. The molecule has 0 heterocycles. The molecule has 0 aliphatic carbocycles. The fraction of sp³-hybridized carbons (Fsp3) is 0.667. The molecule has 0 atom stereocenters. The molecule has 120 valence electrons.